The zero-order valence-corrected chi connectivity index (χ0v) is 19.4. The highest BCUT2D eigenvalue weighted by Crippen LogP contribution is 2.37. The van der Waals surface area contributed by atoms with Gasteiger partial charge in [0.25, 0.3) is 0 Å². The monoisotopic (exact) mass is 465 g/mol. The van der Waals surface area contributed by atoms with Crippen LogP contribution < -0.4 is 14.8 Å². The number of hydrogen-bond acceptors (Lipinski definition) is 3. The molecule has 160 valence electrons. The molecular weight excluding hydrogens is 441 g/mol. The zero-order chi connectivity index (χ0) is 20.6. The molecule has 0 aromatic heterocycles. The average Bonchev–Trinajstić information content (AvgIpc) is 2.73. The summed E-state index contributed by atoms with van der Waals surface area (Å²) in [6, 6.07) is 22.0. The van der Waals surface area contributed by atoms with Crippen molar-refractivity contribution in [2.45, 2.75) is 33.0 Å². The fourth-order valence-corrected chi connectivity index (χ4v) is 3.50. The van der Waals surface area contributed by atoms with Gasteiger partial charge in [0.05, 0.1) is 11.6 Å². The first-order valence-corrected chi connectivity index (χ1v) is 10.4. The second kappa shape index (κ2) is 12.1. The molecule has 0 radical (unpaired) electrons. The van der Waals surface area contributed by atoms with Gasteiger partial charge >= 0.3 is 0 Å². The molecule has 0 saturated carbocycles. The van der Waals surface area contributed by atoms with E-state index in [0.29, 0.717) is 41.3 Å². The van der Waals surface area contributed by atoms with Crippen molar-refractivity contribution in [2.24, 2.45) is 0 Å². The van der Waals surface area contributed by atoms with Gasteiger partial charge in [-0.15, -0.1) is 12.4 Å². The molecule has 0 saturated heterocycles. The molecule has 0 aliphatic heterocycles. The van der Waals surface area contributed by atoms with Crippen molar-refractivity contribution in [3.8, 4) is 11.5 Å². The molecule has 3 aromatic rings. The van der Waals surface area contributed by atoms with Crippen LogP contribution in [0, 0.1) is 0 Å². The van der Waals surface area contributed by atoms with E-state index in [1.54, 1.807) is 0 Å². The minimum Gasteiger partial charge on any atom is -0.490 e. The predicted octanol–water partition coefficient (Wildman–Crippen LogP) is 7.24. The van der Waals surface area contributed by atoms with Crippen molar-refractivity contribution in [1.29, 1.82) is 0 Å². The van der Waals surface area contributed by atoms with Gasteiger partial charge in [0.1, 0.15) is 6.61 Å². The van der Waals surface area contributed by atoms with Crippen molar-refractivity contribution in [3.05, 3.63) is 93.5 Å². The molecule has 0 aliphatic rings. The fourth-order valence-electron chi connectivity index (χ4n) is 3.02. The van der Waals surface area contributed by atoms with Crippen LogP contribution in [0.3, 0.4) is 0 Å². The van der Waals surface area contributed by atoms with E-state index in [2.05, 4.69) is 24.4 Å². The van der Waals surface area contributed by atoms with Crippen molar-refractivity contribution >= 4 is 35.6 Å². The molecule has 0 aliphatic carbocycles. The maximum atomic E-state index is 6.54. The second-order valence-corrected chi connectivity index (χ2v) is 7.55. The maximum Gasteiger partial charge on any atom is 0.180 e. The average molecular weight is 467 g/mol. The highest BCUT2D eigenvalue weighted by atomic mass is 35.5. The van der Waals surface area contributed by atoms with Crippen LogP contribution in [-0.4, -0.2) is 6.61 Å². The molecule has 0 bridgehead atoms. The summed E-state index contributed by atoms with van der Waals surface area (Å²) in [7, 11) is 0. The largest absolute Gasteiger partial charge is 0.490 e. The predicted molar refractivity (Wildman–Crippen MR) is 127 cm³/mol. The third kappa shape index (κ3) is 6.55. The first-order valence-electron chi connectivity index (χ1n) is 9.68. The summed E-state index contributed by atoms with van der Waals surface area (Å²) in [5.74, 6) is 1.17. The topological polar surface area (TPSA) is 30.5 Å². The molecule has 0 fully saturated rings. The van der Waals surface area contributed by atoms with Crippen LogP contribution in [-0.2, 0) is 13.2 Å². The fraction of sp³-hybridized carbons (Fsp3) is 0.250. The van der Waals surface area contributed by atoms with Crippen molar-refractivity contribution in [3.63, 3.8) is 0 Å². The number of rotatable bonds is 9. The Balaban J connectivity index is 0.00000320. The minimum atomic E-state index is 0. The maximum absolute atomic E-state index is 6.54. The lowest BCUT2D eigenvalue weighted by Crippen LogP contribution is -2.18. The van der Waals surface area contributed by atoms with E-state index < -0.39 is 0 Å². The Hall–Kier alpha value is -1.91. The van der Waals surface area contributed by atoms with E-state index in [4.69, 9.17) is 32.7 Å². The van der Waals surface area contributed by atoms with Gasteiger partial charge in [0.15, 0.2) is 11.5 Å². The van der Waals surface area contributed by atoms with Crippen LogP contribution in [0.25, 0.3) is 0 Å². The van der Waals surface area contributed by atoms with Crippen LogP contribution in [0.2, 0.25) is 10.0 Å². The Morgan fingerprint density at radius 1 is 0.900 bits per heavy atom. The van der Waals surface area contributed by atoms with E-state index in [9.17, 15) is 0 Å². The molecule has 1 unspecified atom stereocenters. The summed E-state index contributed by atoms with van der Waals surface area (Å²) < 4.78 is 11.8. The Morgan fingerprint density at radius 3 is 2.30 bits per heavy atom. The Kier molecular flexibility index (Phi) is 9.80. The number of benzene rings is 3. The van der Waals surface area contributed by atoms with Crippen LogP contribution in [0.15, 0.2) is 66.7 Å². The van der Waals surface area contributed by atoms with E-state index in [0.717, 1.165) is 11.1 Å². The molecule has 3 rings (SSSR count). The summed E-state index contributed by atoms with van der Waals surface area (Å²) in [4.78, 5) is 0. The van der Waals surface area contributed by atoms with Crippen LogP contribution in [0.4, 0.5) is 0 Å². The van der Waals surface area contributed by atoms with Crippen molar-refractivity contribution in [1.82, 2.24) is 5.32 Å². The summed E-state index contributed by atoms with van der Waals surface area (Å²) in [5.41, 5.74) is 3.17. The summed E-state index contributed by atoms with van der Waals surface area (Å²) >= 11 is 12.8. The third-order valence-electron chi connectivity index (χ3n) is 4.61. The van der Waals surface area contributed by atoms with Crippen LogP contribution in [0.5, 0.6) is 11.5 Å². The molecule has 1 atom stereocenters. The first-order chi connectivity index (χ1) is 14.1. The second-order valence-electron chi connectivity index (χ2n) is 6.73. The Morgan fingerprint density at radius 2 is 1.60 bits per heavy atom. The van der Waals surface area contributed by atoms with Crippen molar-refractivity contribution < 1.29 is 9.47 Å². The van der Waals surface area contributed by atoms with Gasteiger partial charge in [-0.25, -0.2) is 0 Å². The molecule has 3 nitrogen and oxygen atoms in total. The van der Waals surface area contributed by atoms with Gasteiger partial charge in [-0.1, -0.05) is 71.7 Å². The lowest BCUT2D eigenvalue weighted by Gasteiger charge is -2.18. The molecular formula is C24H26Cl3NO2. The van der Waals surface area contributed by atoms with Gasteiger partial charge in [-0.3, -0.25) is 0 Å². The van der Waals surface area contributed by atoms with Crippen LogP contribution in [0.1, 0.15) is 36.6 Å². The molecule has 0 spiro atoms. The number of ether oxygens (including phenoxy) is 2. The smallest absolute Gasteiger partial charge is 0.180 e. The normalized spacial score (nSPS) is 11.5. The van der Waals surface area contributed by atoms with Gasteiger partial charge in [0, 0.05) is 23.2 Å². The van der Waals surface area contributed by atoms with E-state index in [1.807, 2.05) is 61.5 Å². The molecule has 0 amide bonds. The molecule has 6 heteroatoms. The summed E-state index contributed by atoms with van der Waals surface area (Å²) in [6.07, 6.45) is 0. The number of nitrogens with one attached hydrogen (secondary N) is 1. The quantitative estimate of drug-likeness (QED) is 0.360. The van der Waals surface area contributed by atoms with Gasteiger partial charge in [-0.2, -0.15) is 0 Å². The van der Waals surface area contributed by atoms with Gasteiger partial charge < -0.3 is 14.8 Å². The van der Waals surface area contributed by atoms with Crippen molar-refractivity contribution in [2.75, 3.05) is 6.61 Å². The number of halogens is 3. The van der Waals surface area contributed by atoms with Gasteiger partial charge in [-0.05, 0) is 43.2 Å². The molecule has 1 N–H and O–H groups in total. The summed E-state index contributed by atoms with van der Waals surface area (Å²) in [6.45, 7) is 5.59. The van der Waals surface area contributed by atoms with Gasteiger partial charge in [0.2, 0.25) is 0 Å². The molecule has 0 heterocycles. The lowest BCUT2D eigenvalue weighted by molar-refractivity contribution is 0.269. The highest BCUT2D eigenvalue weighted by Gasteiger charge is 2.14. The van der Waals surface area contributed by atoms with E-state index in [-0.39, 0.29) is 18.4 Å². The highest BCUT2D eigenvalue weighted by molar-refractivity contribution is 6.32. The Labute approximate surface area is 194 Å². The first kappa shape index (κ1) is 24.4. The minimum absolute atomic E-state index is 0. The molecule has 3 aromatic carbocycles. The number of hydrogen-bond donors (Lipinski definition) is 1. The third-order valence-corrected chi connectivity index (χ3v) is 5.26. The summed E-state index contributed by atoms with van der Waals surface area (Å²) in [5, 5.41) is 4.71. The zero-order valence-electron chi connectivity index (χ0n) is 17.0. The molecule has 30 heavy (non-hydrogen) atoms. The van der Waals surface area contributed by atoms with E-state index in [1.165, 1.54) is 5.56 Å². The SMILES string of the molecule is CCOc1cc(CNC(C)c2ccccc2)cc(Cl)c1OCc1ccccc1Cl.Cl. The van der Waals surface area contributed by atoms with Crippen LogP contribution >= 0.6 is 35.6 Å². The van der Waals surface area contributed by atoms with E-state index >= 15 is 0 Å². The lowest BCUT2D eigenvalue weighted by atomic mass is 10.1. The Bertz CT molecular complexity index is 935. The standard InChI is InChI=1S/C24H25Cl2NO2.ClH/c1-3-28-23-14-18(15-27-17(2)19-9-5-4-6-10-19)13-22(26)24(23)29-16-20-11-7-8-12-21(20)25;/h4-14,17,27H,3,15-16H2,1-2H3;1H.